The van der Waals surface area contributed by atoms with E-state index >= 15 is 0 Å². The zero-order valence-electron chi connectivity index (χ0n) is 16.1. The lowest BCUT2D eigenvalue weighted by molar-refractivity contribution is -0.137. The van der Waals surface area contributed by atoms with Crippen molar-refractivity contribution in [3.8, 4) is 5.75 Å². The van der Waals surface area contributed by atoms with E-state index < -0.39 is 11.9 Å². The first-order valence-electron chi connectivity index (χ1n) is 9.34. The minimum absolute atomic E-state index is 0.0734. The summed E-state index contributed by atoms with van der Waals surface area (Å²) in [6, 6.07) is 16.4. The molecule has 29 heavy (non-hydrogen) atoms. The molecule has 0 amide bonds. The Morgan fingerprint density at radius 1 is 1.07 bits per heavy atom. The Labute approximate surface area is 169 Å². The summed E-state index contributed by atoms with van der Waals surface area (Å²) in [6.45, 7) is 2.24. The second-order valence-electron chi connectivity index (χ2n) is 6.77. The van der Waals surface area contributed by atoms with E-state index in [0.717, 1.165) is 16.7 Å². The maximum Gasteiger partial charge on any atom is 0.303 e. The third-order valence-electron chi connectivity index (χ3n) is 4.70. The minimum atomic E-state index is -0.917. The quantitative estimate of drug-likeness (QED) is 0.551. The number of hydrogen-bond donors (Lipinski definition) is 1. The summed E-state index contributed by atoms with van der Waals surface area (Å²) in [5, 5.41) is 16.7. The van der Waals surface area contributed by atoms with E-state index in [1.54, 1.807) is 36.7 Å². The van der Waals surface area contributed by atoms with Crippen molar-refractivity contribution in [3.63, 3.8) is 0 Å². The number of Topliss-reactive ketones (excluding diaryl/α,β-unsaturated/α-hetero) is 1. The molecule has 0 aliphatic rings. The molecule has 0 radical (unpaired) electrons. The number of ether oxygens (including phenoxy) is 1. The molecule has 0 saturated carbocycles. The highest BCUT2D eigenvalue weighted by Crippen LogP contribution is 2.29. The number of ketones is 1. The number of carbonyl (C=O) groups excluding carboxylic acids is 1. The van der Waals surface area contributed by atoms with E-state index in [-0.39, 0.29) is 18.6 Å². The number of carboxylic acids is 1. The van der Waals surface area contributed by atoms with E-state index in [4.69, 9.17) is 9.84 Å². The van der Waals surface area contributed by atoms with E-state index in [1.165, 1.54) is 0 Å². The number of nitrogens with zero attached hydrogens (tertiary/aromatic N) is 2. The van der Waals surface area contributed by atoms with Crippen LogP contribution in [0.1, 0.15) is 45.8 Å². The van der Waals surface area contributed by atoms with Crippen LogP contribution in [0.4, 0.5) is 0 Å². The monoisotopic (exact) mass is 390 g/mol. The van der Waals surface area contributed by atoms with Crippen LogP contribution in [-0.2, 0) is 11.4 Å². The van der Waals surface area contributed by atoms with Gasteiger partial charge in [-0.15, -0.1) is 0 Å². The van der Waals surface area contributed by atoms with Crippen LogP contribution < -0.4 is 4.74 Å². The van der Waals surface area contributed by atoms with E-state index in [2.05, 4.69) is 10.2 Å². The summed E-state index contributed by atoms with van der Waals surface area (Å²) in [7, 11) is 0. The normalized spacial score (nSPS) is 11.6. The molecule has 6 nitrogen and oxygen atoms in total. The van der Waals surface area contributed by atoms with Gasteiger partial charge in [-0.1, -0.05) is 36.4 Å². The van der Waals surface area contributed by atoms with Gasteiger partial charge in [0.1, 0.15) is 12.4 Å². The third-order valence-corrected chi connectivity index (χ3v) is 4.70. The van der Waals surface area contributed by atoms with Gasteiger partial charge in [0, 0.05) is 29.7 Å². The SMILES string of the molecule is Cc1ccccc1C(CCC(=O)O)C(=O)c1cccc(OCc2ccnnc2)c1. The first-order valence-corrected chi connectivity index (χ1v) is 9.34. The standard InChI is InChI=1S/C23H22N2O4/c1-16-5-2-3-8-20(16)21(9-10-22(26)27)23(28)18-6-4-7-19(13-18)29-15-17-11-12-24-25-14-17/h2-8,11-14,21H,9-10,15H2,1H3,(H,26,27). The summed E-state index contributed by atoms with van der Waals surface area (Å²) in [4.78, 5) is 24.4. The average Bonchev–Trinajstić information content (AvgIpc) is 2.74. The first-order chi connectivity index (χ1) is 14.0. The Kier molecular flexibility index (Phi) is 6.68. The molecule has 1 aromatic heterocycles. The van der Waals surface area contributed by atoms with E-state index in [9.17, 15) is 9.59 Å². The lowest BCUT2D eigenvalue weighted by Gasteiger charge is -2.18. The van der Waals surface area contributed by atoms with Crippen molar-refractivity contribution in [3.05, 3.63) is 89.2 Å². The average molecular weight is 390 g/mol. The Morgan fingerprint density at radius 3 is 2.62 bits per heavy atom. The predicted molar refractivity (Wildman–Crippen MR) is 108 cm³/mol. The maximum atomic E-state index is 13.3. The molecule has 0 aliphatic carbocycles. The number of benzene rings is 2. The van der Waals surface area contributed by atoms with Crippen molar-refractivity contribution in [1.82, 2.24) is 10.2 Å². The summed E-state index contributed by atoms with van der Waals surface area (Å²) < 4.78 is 5.78. The summed E-state index contributed by atoms with van der Waals surface area (Å²) in [5.74, 6) is -0.989. The Hall–Kier alpha value is -3.54. The van der Waals surface area contributed by atoms with Crippen molar-refractivity contribution in [1.29, 1.82) is 0 Å². The van der Waals surface area contributed by atoms with Gasteiger partial charge in [0.25, 0.3) is 0 Å². The van der Waals surface area contributed by atoms with Crippen LogP contribution in [-0.4, -0.2) is 27.1 Å². The molecule has 0 bridgehead atoms. The highest BCUT2D eigenvalue weighted by Gasteiger charge is 2.24. The van der Waals surface area contributed by atoms with Crippen LogP contribution in [0.3, 0.4) is 0 Å². The minimum Gasteiger partial charge on any atom is -0.489 e. The topological polar surface area (TPSA) is 89.4 Å². The number of hydrogen-bond acceptors (Lipinski definition) is 5. The molecule has 0 spiro atoms. The second kappa shape index (κ2) is 9.59. The van der Waals surface area contributed by atoms with Crippen LogP contribution in [0.2, 0.25) is 0 Å². The molecule has 0 aliphatic heterocycles. The van der Waals surface area contributed by atoms with Crippen LogP contribution in [0.25, 0.3) is 0 Å². The lowest BCUT2D eigenvalue weighted by Crippen LogP contribution is -2.16. The molecule has 0 saturated heterocycles. The van der Waals surface area contributed by atoms with Gasteiger partial charge < -0.3 is 9.84 Å². The van der Waals surface area contributed by atoms with Gasteiger partial charge >= 0.3 is 5.97 Å². The van der Waals surface area contributed by atoms with E-state index in [1.807, 2.05) is 37.3 Å². The molecule has 148 valence electrons. The smallest absolute Gasteiger partial charge is 0.303 e. The van der Waals surface area contributed by atoms with Gasteiger partial charge in [0.2, 0.25) is 0 Å². The number of aromatic nitrogens is 2. The molecule has 2 aromatic carbocycles. The molecular formula is C23H22N2O4. The van der Waals surface area contributed by atoms with Crippen molar-refractivity contribution < 1.29 is 19.4 Å². The Bertz CT molecular complexity index is 989. The summed E-state index contributed by atoms with van der Waals surface area (Å²) in [6.07, 6.45) is 3.38. The van der Waals surface area contributed by atoms with Crippen molar-refractivity contribution in [2.75, 3.05) is 0 Å². The van der Waals surface area contributed by atoms with Gasteiger partial charge in [-0.05, 0) is 42.7 Å². The molecule has 3 rings (SSSR count). The zero-order chi connectivity index (χ0) is 20.6. The molecule has 1 atom stereocenters. The molecule has 3 aromatic rings. The zero-order valence-corrected chi connectivity index (χ0v) is 16.1. The Balaban J connectivity index is 1.81. The van der Waals surface area contributed by atoms with Crippen molar-refractivity contribution in [2.24, 2.45) is 0 Å². The fraction of sp³-hybridized carbons (Fsp3) is 0.217. The highest BCUT2D eigenvalue weighted by atomic mass is 16.5. The Morgan fingerprint density at radius 2 is 1.90 bits per heavy atom. The van der Waals surface area contributed by atoms with Crippen LogP contribution in [0, 0.1) is 6.92 Å². The third kappa shape index (κ3) is 5.48. The largest absolute Gasteiger partial charge is 0.489 e. The number of carboxylic acid groups (broad SMARTS) is 1. The number of carbonyl (C=O) groups is 2. The van der Waals surface area contributed by atoms with Gasteiger partial charge in [0.15, 0.2) is 5.78 Å². The van der Waals surface area contributed by atoms with Crippen LogP contribution >= 0.6 is 0 Å². The summed E-state index contributed by atoms with van der Waals surface area (Å²) in [5.41, 5.74) is 3.19. The van der Waals surface area contributed by atoms with E-state index in [0.29, 0.717) is 17.9 Å². The molecule has 1 heterocycles. The fourth-order valence-corrected chi connectivity index (χ4v) is 3.18. The first kappa shape index (κ1) is 20.2. The molecule has 6 heteroatoms. The molecule has 0 fully saturated rings. The molecule has 1 unspecified atom stereocenters. The van der Waals surface area contributed by atoms with Crippen molar-refractivity contribution >= 4 is 11.8 Å². The predicted octanol–water partition coefficient (Wildman–Crippen LogP) is 4.20. The highest BCUT2D eigenvalue weighted by molar-refractivity contribution is 6.01. The van der Waals surface area contributed by atoms with Gasteiger partial charge in [-0.2, -0.15) is 10.2 Å². The van der Waals surface area contributed by atoms with Crippen molar-refractivity contribution in [2.45, 2.75) is 32.3 Å². The number of aryl methyl sites for hydroxylation is 1. The molecule has 1 N–H and O–H groups in total. The number of rotatable bonds is 9. The molecular weight excluding hydrogens is 368 g/mol. The second-order valence-corrected chi connectivity index (χ2v) is 6.77. The lowest BCUT2D eigenvalue weighted by atomic mass is 9.85. The fourth-order valence-electron chi connectivity index (χ4n) is 3.18. The van der Waals surface area contributed by atoms with Crippen LogP contribution in [0.5, 0.6) is 5.75 Å². The van der Waals surface area contributed by atoms with Gasteiger partial charge in [-0.25, -0.2) is 0 Å². The van der Waals surface area contributed by atoms with Gasteiger partial charge in [0.05, 0.1) is 6.20 Å². The summed E-state index contributed by atoms with van der Waals surface area (Å²) >= 11 is 0. The number of aliphatic carboxylic acids is 1. The van der Waals surface area contributed by atoms with Gasteiger partial charge in [-0.3, -0.25) is 9.59 Å². The van der Waals surface area contributed by atoms with Crippen LogP contribution in [0.15, 0.2) is 67.0 Å². The maximum absolute atomic E-state index is 13.3.